The van der Waals surface area contributed by atoms with Crippen LogP contribution in [0.4, 0.5) is 11.4 Å². The molecule has 0 fully saturated rings. The first kappa shape index (κ1) is 22.3. The summed E-state index contributed by atoms with van der Waals surface area (Å²) in [4.78, 5) is 28.7. The van der Waals surface area contributed by atoms with Gasteiger partial charge >= 0.3 is 0 Å². The number of rotatable bonds is 7. The lowest BCUT2D eigenvalue weighted by Crippen LogP contribution is -2.32. The molecule has 0 radical (unpaired) electrons. The molecule has 0 spiro atoms. The molecule has 1 aliphatic heterocycles. The summed E-state index contributed by atoms with van der Waals surface area (Å²) in [7, 11) is 0. The molecule has 5 heteroatoms. The van der Waals surface area contributed by atoms with Gasteiger partial charge < -0.3 is 10.1 Å². The molecule has 33 heavy (non-hydrogen) atoms. The lowest BCUT2D eigenvalue weighted by atomic mass is 10.0. The Morgan fingerprint density at radius 1 is 0.848 bits per heavy atom. The largest absolute Gasteiger partial charge is 0.491 e. The number of hydrogen-bond acceptors (Lipinski definition) is 4. The van der Waals surface area contributed by atoms with Gasteiger partial charge in [0, 0.05) is 5.69 Å². The monoisotopic (exact) mass is 440 g/mol. The minimum absolute atomic E-state index is 0.267. The van der Waals surface area contributed by atoms with Gasteiger partial charge in [0.25, 0.3) is 11.8 Å². The molecule has 1 N–H and O–H groups in total. The summed E-state index contributed by atoms with van der Waals surface area (Å²) in [6.45, 7) is 8.52. The van der Waals surface area contributed by atoms with Gasteiger partial charge in [0.1, 0.15) is 11.4 Å². The Morgan fingerprint density at radius 3 is 2.30 bits per heavy atom. The number of carbonyl (C=O) groups is 2. The number of nitrogens with one attached hydrogen (secondary N) is 1. The van der Waals surface area contributed by atoms with Crippen LogP contribution >= 0.6 is 0 Å². The van der Waals surface area contributed by atoms with E-state index in [9.17, 15) is 9.59 Å². The number of para-hydroxylation sites is 2. The van der Waals surface area contributed by atoms with Gasteiger partial charge in [0.05, 0.1) is 17.9 Å². The molecule has 0 aliphatic carbocycles. The summed E-state index contributed by atoms with van der Waals surface area (Å²) in [6, 6.07) is 20.7. The number of nitrogens with zero attached hydrogens (tertiary/aromatic N) is 1. The number of anilines is 2. The molecule has 1 heterocycles. The number of carbonyl (C=O) groups excluding carboxylic acids is 2. The predicted molar refractivity (Wildman–Crippen MR) is 132 cm³/mol. The van der Waals surface area contributed by atoms with E-state index in [-0.39, 0.29) is 11.6 Å². The fourth-order valence-electron chi connectivity index (χ4n) is 3.85. The molecule has 0 aromatic heterocycles. The van der Waals surface area contributed by atoms with E-state index in [0.29, 0.717) is 29.2 Å². The third-order valence-corrected chi connectivity index (χ3v) is 5.86. The van der Waals surface area contributed by atoms with Crippen molar-refractivity contribution in [2.24, 2.45) is 0 Å². The second-order valence-corrected chi connectivity index (χ2v) is 8.25. The van der Waals surface area contributed by atoms with Crippen molar-refractivity contribution in [3.05, 3.63) is 94.7 Å². The fourth-order valence-corrected chi connectivity index (χ4v) is 3.85. The van der Waals surface area contributed by atoms with Crippen LogP contribution in [0, 0.1) is 20.8 Å². The standard InChI is InChI=1S/C28H28N2O3/c1-5-17-33-24-12-7-6-11-23(24)30-27(31)25(21-15-13-18(2)14-16-21)26(28(30)32)29-22-10-8-9-19(3)20(22)4/h6-16,29H,5,17H2,1-4H3. The van der Waals surface area contributed by atoms with Gasteiger partial charge in [-0.1, -0.05) is 61.0 Å². The maximum absolute atomic E-state index is 13.7. The number of hydrogen-bond donors (Lipinski definition) is 1. The second kappa shape index (κ2) is 9.33. The van der Waals surface area contributed by atoms with Crippen molar-refractivity contribution in [1.29, 1.82) is 0 Å². The van der Waals surface area contributed by atoms with Crippen LogP contribution in [-0.2, 0) is 9.59 Å². The van der Waals surface area contributed by atoms with Crippen LogP contribution in [0.2, 0.25) is 0 Å². The van der Waals surface area contributed by atoms with Gasteiger partial charge in [0.2, 0.25) is 0 Å². The molecule has 0 saturated heterocycles. The first-order chi connectivity index (χ1) is 15.9. The Bertz CT molecular complexity index is 1240. The Labute approximate surface area is 194 Å². The lowest BCUT2D eigenvalue weighted by Gasteiger charge is -2.19. The molecule has 3 aromatic carbocycles. The first-order valence-electron chi connectivity index (χ1n) is 11.2. The first-order valence-corrected chi connectivity index (χ1v) is 11.2. The van der Waals surface area contributed by atoms with Crippen molar-refractivity contribution in [2.45, 2.75) is 34.1 Å². The maximum atomic E-state index is 13.7. The van der Waals surface area contributed by atoms with E-state index in [4.69, 9.17) is 4.74 Å². The van der Waals surface area contributed by atoms with Crippen LogP contribution in [-0.4, -0.2) is 18.4 Å². The minimum Gasteiger partial charge on any atom is -0.491 e. The van der Waals surface area contributed by atoms with Crippen LogP contribution in [0.25, 0.3) is 5.57 Å². The quantitative estimate of drug-likeness (QED) is 0.472. The molecule has 1 aliphatic rings. The Kier molecular flexibility index (Phi) is 6.31. The minimum atomic E-state index is -0.399. The van der Waals surface area contributed by atoms with E-state index in [0.717, 1.165) is 28.8 Å². The zero-order valence-corrected chi connectivity index (χ0v) is 19.4. The van der Waals surface area contributed by atoms with Gasteiger partial charge in [-0.2, -0.15) is 0 Å². The third kappa shape index (κ3) is 4.27. The Balaban J connectivity index is 1.83. The fraction of sp³-hybridized carbons (Fsp3) is 0.214. The van der Waals surface area contributed by atoms with Crippen LogP contribution in [0.15, 0.2) is 72.4 Å². The molecule has 5 nitrogen and oxygen atoms in total. The van der Waals surface area contributed by atoms with E-state index in [1.165, 1.54) is 4.90 Å². The topological polar surface area (TPSA) is 58.6 Å². The zero-order valence-electron chi connectivity index (χ0n) is 19.4. The normalized spacial score (nSPS) is 13.6. The molecule has 3 aromatic rings. The van der Waals surface area contributed by atoms with Crippen LogP contribution in [0.5, 0.6) is 5.75 Å². The van der Waals surface area contributed by atoms with Crippen LogP contribution in [0.3, 0.4) is 0 Å². The third-order valence-electron chi connectivity index (χ3n) is 5.86. The number of imide groups is 1. The molecular formula is C28H28N2O3. The number of ether oxygens (including phenoxy) is 1. The smallest absolute Gasteiger partial charge is 0.282 e. The van der Waals surface area contributed by atoms with Gasteiger partial charge in [-0.05, 0) is 62.1 Å². The number of amides is 2. The second-order valence-electron chi connectivity index (χ2n) is 8.25. The van der Waals surface area contributed by atoms with E-state index in [1.807, 2.05) is 76.2 Å². The number of benzene rings is 3. The Morgan fingerprint density at radius 2 is 1.58 bits per heavy atom. The highest BCUT2D eigenvalue weighted by molar-refractivity contribution is 6.46. The molecule has 2 amide bonds. The summed E-state index contributed by atoms with van der Waals surface area (Å²) in [6.07, 6.45) is 0.822. The number of aryl methyl sites for hydroxylation is 2. The zero-order chi connectivity index (χ0) is 23.5. The highest BCUT2D eigenvalue weighted by atomic mass is 16.5. The van der Waals surface area contributed by atoms with Gasteiger partial charge in [-0.15, -0.1) is 0 Å². The van der Waals surface area contributed by atoms with Crippen LogP contribution in [0.1, 0.15) is 35.6 Å². The SMILES string of the molecule is CCCOc1ccccc1N1C(=O)C(Nc2cccc(C)c2C)=C(c2ccc(C)cc2)C1=O. The van der Waals surface area contributed by atoms with Crippen LogP contribution < -0.4 is 15.0 Å². The van der Waals surface area contributed by atoms with Crippen molar-refractivity contribution in [1.82, 2.24) is 0 Å². The lowest BCUT2D eigenvalue weighted by molar-refractivity contribution is -0.120. The van der Waals surface area contributed by atoms with Crippen molar-refractivity contribution in [3.63, 3.8) is 0 Å². The summed E-state index contributed by atoms with van der Waals surface area (Å²) in [5.41, 5.74) is 5.77. The molecule has 0 atom stereocenters. The summed E-state index contributed by atoms with van der Waals surface area (Å²) in [5.74, 6) is -0.259. The van der Waals surface area contributed by atoms with Crippen molar-refractivity contribution < 1.29 is 14.3 Å². The predicted octanol–water partition coefficient (Wildman–Crippen LogP) is 5.80. The summed E-state index contributed by atoms with van der Waals surface area (Å²) in [5, 5.41) is 3.28. The molecule has 0 saturated carbocycles. The van der Waals surface area contributed by atoms with Gasteiger partial charge in [-0.25, -0.2) is 4.90 Å². The van der Waals surface area contributed by atoms with Crippen molar-refractivity contribution >= 4 is 28.8 Å². The average Bonchev–Trinajstić information content (AvgIpc) is 3.05. The molecule has 168 valence electrons. The molecule has 0 unspecified atom stereocenters. The highest BCUT2D eigenvalue weighted by Crippen LogP contribution is 2.38. The van der Waals surface area contributed by atoms with Crippen molar-refractivity contribution in [2.75, 3.05) is 16.8 Å². The summed E-state index contributed by atoms with van der Waals surface area (Å²) >= 11 is 0. The van der Waals surface area contributed by atoms with E-state index in [2.05, 4.69) is 5.32 Å². The Hall–Kier alpha value is -3.86. The molecule has 0 bridgehead atoms. The maximum Gasteiger partial charge on any atom is 0.282 e. The summed E-state index contributed by atoms with van der Waals surface area (Å²) < 4.78 is 5.86. The molecule has 4 rings (SSSR count). The van der Waals surface area contributed by atoms with E-state index < -0.39 is 5.91 Å². The van der Waals surface area contributed by atoms with E-state index in [1.54, 1.807) is 18.2 Å². The van der Waals surface area contributed by atoms with Crippen molar-refractivity contribution in [3.8, 4) is 5.75 Å². The van der Waals surface area contributed by atoms with E-state index >= 15 is 0 Å². The highest BCUT2D eigenvalue weighted by Gasteiger charge is 2.41. The van der Waals surface area contributed by atoms with Gasteiger partial charge in [0.15, 0.2) is 0 Å². The average molecular weight is 441 g/mol. The van der Waals surface area contributed by atoms with Gasteiger partial charge in [-0.3, -0.25) is 9.59 Å². The molecular weight excluding hydrogens is 412 g/mol.